The minimum atomic E-state index is -0.278. The zero-order valence-corrected chi connectivity index (χ0v) is 12.4. The van der Waals surface area contributed by atoms with Crippen molar-refractivity contribution < 1.29 is 9.53 Å². The molecule has 0 fully saturated rings. The van der Waals surface area contributed by atoms with Crippen LogP contribution in [0.3, 0.4) is 0 Å². The van der Waals surface area contributed by atoms with Crippen LogP contribution in [0, 0.1) is 0 Å². The maximum absolute atomic E-state index is 12.0. The van der Waals surface area contributed by atoms with E-state index in [1.807, 2.05) is 42.5 Å². The zero-order valence-electron chi connectivity index (χ0n) is 10.9. The fourth-order valence-corrected chi connectivity index (χ4v) is 2.73. The van der Waals surface area contributed by atoms with Crippen LogP contribution in [-0.4, -0.2) is 5.97 Å². The molecule has 4 heteroatoms. The number of hydrogen-bond donors (Lipinski definition) is 1. The van der Waals surface area contributed by atoms with Crippen LogP contribution in [0.1, 0.15) is 27.0 Å². The first kappa shape index (κ1) is 13.3. The summed E-state index contributed by atoms with van der Waals surface area (Å²) in [4.78, 5) is 12.0. The third kappa shape index (κ3) is 2.92. The Kier molecular flexibility index (Phi) is 3.85. The maximum atomic E-state index is 12.0. The van der Waals surface area contributed by atoms with E-state index in [2.05, 4.69) is 21.2 Å². The zero-order chi connectivity index (χ0) is 13.9. The number of nitrogens with one attached hydrogen (secondary N) is 1. The molecule has 0 atom stereocenters. The lowest BCUT2D eigenvalue weighted by atomic mass is 10.1. The Morgan fingerprint density at radius 2 is 2.00 bits per heavy atom. The number of carbonyl (C=O) groups excluding carboxylic acids is 1. The fraction of sp³-hybridized carbons (Fsp3) is 0.188. The van der Waals surface area contributed by atoms with Gasteiger partial charge in [-0.1, -0.05) is 34.1 Å². The highest BCUT2D eigenvalue weighted by Crippen LogP contribution is 2.18. The molecule has 1 aliphatic heterocycles. The third-order valence-corrected chi connectivity index (χ3v) is 3.83. The second kappa shape index (κ2) is 5.77. The quantitative estimate of drug-likeness (QED) is 0.876. The van der Waals surface area contributed by atoms with E-state index in [1.165, 1.54) is 11.1 Å². The Bertz CT molecular complexity index is 655. The van der Waals surface area contributed by atoms with Gasteiger partial charge in [0.1, 0.15) is 6.61 Å². The summed E-state index contributed by atoms with van der Waals surface area (Å²) in [6.07, 6.45) is 0. The van der Waals surface area contributed by atoms with Gasteiger partial charge in [0.15, 0.2) is 0 Å². The Labute approximate surface area is 126 Å². The SMILES string of the molecule is O=C(OCc1cccc(Br)c1)c1ccc2c(c1)CNC2. The van der Waals surface area contributed by atoms with Crippen LogP contribution < -0.4 is 5.32 Å². The first-order valence-electron chi connectivity index (χ1n) is 6.46. The van der Waals surface area contributed by atoms with Crippen LogP contribution in [0.5, 0.6) is 0 Å². The highest BCUT2D eigenvalue weighted by molar-refractivity contribution is 9.10. The van der Waals surface area contributed by atoms with Gasteiger partial charge < -0.3 is 10.1 Å². The summed E-state index contributed by atoms with van der Waals surface area (Å²) in [5.41, 5.74) is 4.02. The van der Waals surface area contributed by atoms with Crippen LogP contribution in [-0.2, 0) is 24.4 Å². The molecule has 3 nitrogen and oxygen atoms in total. The number of ether oxygens (including phenoxy) is 1. The van der Waals surface area contributed by atoms with E-state index in [0.717, 1.165) is 23.1 Å². The molecule has 0 bridgehead atoms. The number of fused-ring (bicyclic) bond motifs is 1. The Morgan fingerprint density at radius 1 is 1.15 bits per heavy atom. The van der Waals surface area contributed by atoms with E-state index in [4.69, 9.17) is 4.74 Å². The molecule has 0 amide bonds. The molecule has 0 spiro atoms. The smallest absolute Gasteiger partial charge is 0.338 e. The summed E-state index contributed by atoms with van der Waals surface area (Å²) in [5, 5.41) is 3.26. The molecule has 3 rings (SSSR count). The average Bonchev–Trinajstić information content (AvgIpc) is 2.92. The lowest BCUT2D eigenvalue weighted by Crippen LogP contribution is -2.06. The lowest BCUT2D eigenvalue weighted by molar-refractivity contribution is 0.0472. The van der Waals surface area contributed by atoms with Gasteiger partial charge in [-0.25, -0.2) is 4.79 Å². The minimum Gasteiger partial charge on any atom is -0.457 e. The van der Waals surface area contributed by atoms with Crippen LogP contribution in [0.4, 0.5) is 0 Å². The summed E-state index contributed by atoms with van der Waals surface area (Å²) < 4.78 is 6.33. The van der Waals surface area contributed by atoms with E-state index in [0.29, 0.717) is 5.56 Å². The molecular weight excluding hydrogens is 318 g/mol. The average molecular weight is 332 g/mol. The molecule has 1 N–H and O–H groups in total. The van der Waals surface area contributed by atoms with E-state index >= 15 is 0 Å². The Balaban J connectivity index is 1.67. The van der Waals surface area contributed by atoms with Crippen molar-refractivity contribution in [2.75, 3.05) is 0 Å². The van der Waals surface area contributed by atoms with E-state index in [1.54, 1.807) is 0 Å². The number of halogens is 1. The van der Waals surface area contributed by atoms with Crippen molar-refractivity contribution in [2.45, 2.75) is 19.7 Å². The molecule has 0 aromatic heterocycles. The number of esters is 1. The molecule has 0 saturated carbocycles. The largest absolute Gasteiger partial charge is 0.457 e. The summed E-state index contributed by atoms with van der Waals surface area (Å²) in [5.74, 6) is -0.278. The van der Waals surface area contributed by atoms with Gasteiger partial charge in [-0.05, 0) is 41.0 Å². The van der Waals surface area contributed by atoms with Crippen molar-refractivity contribution in [2.24, 2.45) is 0 Å². The topological polar surface area (TPSA) is 38.3 Å². The van der Waals surface area contributed by atoms with Crippen molar-refractivity contribution >= 4 is 21.9 Å². The normalized spacial score (nSPS) is 13.1. The van der Waals surface area contributed by atoms with Crippen molar-refractivity contribution in [3.05, 3.63) is 69.2 Å². The van der Waals surface area contributed by atoms with Crippen LogP contribution in [0.15, 0.2) is 46.9 Å². The van der Waals surface area contributed by atoms with Gasteiger partial charge in [-0.2, -0.15) is 0 Å². The molecule has 0 saturated heterocycles. The minimum absolute atomic E-state index is 0.278. The molecule has 2 aromatic carbocycles. The molecule has 2 aromatic rings. The molecule has 0 unspecified atom stereocenters. The van der Waals surface area contributed by atoms with E-state index < -0.39 is 0 Å². The van der Waals surface area contributed by atoms with Crippen molar-refractivity contribution in [1.82, 2.24) is 5.32 Å². The summed E-state index contributed by atoms with van der Waals surface area (Å²) >= 11 is 3.40. The van der Waals surface area contributed by atoms with Crippen molar-refractivity contribution in [1.29, 1.82) is 0 Å². The van der Waals surface area contributed by atoms with E-state index in [9.17, 15) is 4.79 Å². The molecule has 1 heterocycles. The van der Waals surface area contributed by atoms with Gasteiger partial charge >= 0.3 is 5.97 Å². The summed E-state index contributed by atoms with van der Waals surface area (Å²) in [6, 6.07) is 13.5. The number of benzene rings is 2. The van der Waals surface area contributed by atoms with Crippen molar-refractivity contribution in [3.63, 3.8) is 0 Å². The predicted molar refractivity (Wildman–Crippen MR) is 80.2 cm³/mol. The molecule has 102 valence electrons. The second-order valence-electron chi connectivity index (χ2n) is 4.79. The number of carbonyl (C=O) groups is 1. The van der Waals surface area contributed by atoms with Gasteiger partial charge in [-0.3, -0.25) is 0 Å². The first-order chi connectivity index (χ1) is 9.72. The van der Waals surface area contributed by atoms with E-state index in [-0.39, 0.29) is 12.6 Å². The third-order valence-electron chi connectivity index (χ3n) is 3.33. The lowest BCUT2D eigenvalue weighted by Gasteiger charge is -2.07. The second-order valence-corrected chi connectivity index (χ2v) is 5.71. The van der Waals surface area contributed by atoms with Crippen LogP contribution in [0.2, 0.25) is 0 Å². The van der Waals surface area contributed by atoms with Gasteiger partial charge in [0.2, 0.25) is 0 Å². The molecule has 0 aliphatic carbocycles. The summed E-state index contributed by atoms with van der Waals surface area (Å²) in [6.45, 7) is 1.98. The van der Waals surface area contributed by atoms with Gasteiger partial charge in [0, 0.05) is 17.6 Å². The molecular formula is C16H14BrNO2. The van der Waals surface area contributed by atoms with Crippen LogP contribution in [0.25, 0.3) is 0 Å². The van der Waals surface area contributed by atoms with Crippen LogP contribution >= 0.6 is 15.9 Å². The van der Waals surface area contributed by atoms with Gasteiger partial charge in [0.25, 0.3) is 0 Å². The molecule has 20 heavy (non-hydrogen) atoms. The first-order valence-corrected chi connectivity index (χ1v) is 7.26. The maximum Gasteiger partial charge on any atom is 0.338 e. The molecule has 0 radical (unpaired) electrons. The van der Waals surface area contributed by atoms with Crippen molar-refractivity contribution in [3.8, 4) is 0 Å². The highest BCUT2D eigenvalue weighted by Gasteiger charge is 2.14. The highest BCUT2D eigenvalue weighted by atomic mass is 79.9. The predicted octanol–water partition coefficient (Wildman–Crippen LogP) is 3.41. The fourth-order valence-electron chi connectivity index (χ4n) is 2.28. The number of rotatable bonds is 3. The van der Waals surface area contributed by atoms with Gasteiger partial charge in [0.05, 0.1) is 5.56 Å². The summed E-state index contributed by atoms with van der Waals surface area (Å²) in [7, 11) is 0. The number of hydrogen-bond acceptors (Lipinski definition) is 3. The standard InChI is InChI=1S/C16H14BrNO2/c17-15-3-1-2-11(6-15)10-20-16(19)12-4-5-13-8-18-9-14(13)7-12/h1-7,18H,8-10H2. The Morgan fingerprint density at radius 3 is 2.85 bits per heavy atom. The molecule has 1 aliphatic rings. The Hall–Kier alpha value is -1.65. The van der Waals surface area contributed by atoms with Gasteiger partial charge in [-0.15, -0.1) is 0 Å². The monoisotopic (exact) mass is 331 g/mol.